The van der Waals surface area contributed by atoms with Gasteiger partial charge in [-0.15, -0.1) is 0 Å². The number of nitrogens with one attached hydrogen (secondary N) is 1. The van der Waals surface area contributed by atoms with E-state index in [-0.39, 0.29) is 5.69 Å². The molecule has 2 aromatic carbocycles. The maximum absolute atomic E-state index is 11.0. The van der Waals surface area contributed by atoms with Crippen molar-refractivity contribution in [2.24, 2.45) is 0 Å². The zero-order valence-corrected chi connectivity index (χ0v) is 10.7. The third-order valence-corrected chi connectivity index (χ3v) is 2.67. The first kappa shape index (κ1) is 13.4. The van der Waals surface area contributed by atoms with Gasteiger partial charge in [0.2, 0.25) is 0 Å². The molecule has 100 valence electrons. The van der Waals surface area contributed by atoms with E-state index in [0.29, 0.717) is 22.7 Å². The van der Waals surface area contributed by atoms with Gasteiger partial charge in [-0.25, -0.2) is 0 Å². The molecule has 0 aliphatic rings. The number of nitro benzene ring substituents is 1. The van der Waals surface area contributed by atoms with Crippen molar-refractivity contribution in [3.05, 3.63) is 58.1 Å². The second-order valence-electron chi connectivity index (χ2n) is 3.96. The van der Waals surface area contributed by atoms with E-state index in [1.807, 2.05) is 6.07 Å². The lowest BCUT2D eigenvalue weighted by molar-refractivity contribution is -0.383. The van der Waals surface area contributed by atoms with Gasteiger partial charge in [-0.2, -0.15) is 5.26 Å². The number of rotatable bonds is 4. The Morgan fingerprint density at radius 3 is 2.75 bits per heavy atom. The summed E-state index contributed by atoms with van der Waals surface area (Å²) in [6, 6.07) is 13.1. The van der Waals surface area contributed by atoms with Crippen molar-refractivity contribution in [2.45, 2.75) is 0 Å². The van der Waals surface area contributed by atoms with Crippen LogP contribution in [0.25, 0.3) is 0 Å². The van der Waals surface area contributed by atoms with Crippen LogP contribution in [0, 0.1) is 21.4 Å². The Kier molecular flexibility index (Phi) is 3.82. The first-order chi connectivity index (χ1) is 9.63. The van der Waals surface area contributed by atoms with Gasteiger partial charge in [0, 0.05) is 17.8 Å². The molecule has 0 radical (unpaired) electrons. The van der Waals surface area contributed by atoms with Crippen molar-refractivity contribution < 1.29 is 9.66 Å². The molecular formula is C14H11N3O3. The fourth-order valence-corrected chi connectivity index (χ4v) is 1.72. The Morgan fingerprint density at radius 2 is 2.10 bits per heavy atom. The number of nitro groups is 1. The van der Waals surface area contributed by atoms with Crippen LogP contribution in [0.1, 0.15) is 5.56 Å². The molecule has 20 heavy (non-hydrogen) atoms. The van der Waals surface area contributed by atoms with Crippen LogP contribution in [0.4, 0.5) is 17.1 Å². The standard InChI is InChI=1S/C14H11N3O3/c1-20-12-5-6-14(17(18)19)13(8-12)16-11-4-2-3-10(7-11)9-15/h2-8,16H,1H3. The Labute approximate surface area is 115 Å². The highest BCUT2D eigenvalue weighted by Crippen LogP contribution is 2.31. The summed E-state index contributed by atoms with van der Waals surface area (Å²) in [6.07, 6.45) is 0. The average molecular weight is 269 g/mol. The van der Waals surface area contributed by atoms with Gasteiger partial charge < -0.3 is 10.1 Å². The Morgan fingerprint density at radius 1 is 1.30 bits per heavy atom. The van der Waals surface area contributed by atoms with E-state index in [4.69, 9.17) is 10.00 Å². The molecule has 0 bridgehead atoms. The molecule has 0 aliphatic carbocycles. The van der Waals surface area contributed by atoms with Crippen molar-refractivity contribution in [1.29, 1.82) is 5.26 Å². The molecule has 6 heteroatoms. The van der Waals surface area contributed by atoms with Gasteiger partial charge in [0.25, 0.3) is 5.69 Å². The highest BCUT2D eigenvalue weighted by atomic mass is 16.6. The van der Waals surface area contributed by atoms with Gasteiger partial charge in [-0.1, -0.05) is 6.07 Å². The molecule has 0 unspecified atom stereocenters. The lowest BCUT2D eigenvalue weighted by atomic mass is 10.2. The molecule has 0 atom stereocenters. The molecule has 1 N–H and O–H groups in total. The third-order valence-electron chi connectivity index (χ3n) is 2.67. The number of anilines is 2. The zero-order chi connectivity index (χ0) is 14.5. The van der Waals surface area contributed by atoms with E-state index in [9.17, 15) is 10.1 Å². The quantitative estimate of drug-likeness (QED) is 0.680. The van der Waals surface area contributed by atoms with Crippen molar-refractivity contribution in [3.63, 3.8) is 0 Å². The van der Waals surface area contributed by atoms with Crippen LogP contribution in [0.3, 0.4) is 0 Å². The molecule has 0 saturated heterocycles. The molecule has 0 fully saturated rings. The lowest BCUT2D eigenvalue weighted by Crippen LogP contribution is -1.98. The van der Waals surface area contributed by atoms with Crippen LogP contribution >= 0.6 is 0 Å². The summed E-state index contributed by atoms with van der Waals surface area (Å²) >= 11 is 0. The van der Waals surface area contributed by atoms with Gasteiger partial charge in [0.1, 0.15) is 11.4 Å². The summed E-state index contributed by atoms with van der Waals surface area (Å²) in [7, 11) is 1.49. The minimum atomic E-state index is -0.476. The molecule has 2 rings (SSSR count). The van der Waals surface area contributed by atoms with Gasteiger partial charge in [0.15, 0.2) is 0 Å². The van der Waals surface area contributed by atoms with Gasteiger partial charge in [-0.05, 0) is 24.3 Å². The molecule has 0 aliphatic heterocycles. The number of ether oxygens (including phenoxy) is 1. The molecule has 6 nitrogen and oxygen atoms in total. The predicted molar refractivity (Wildman–Crippen MR) is 74.1 cm³/mol. The van der Waals surface area contributed by atoms with Crippen LogP contribution in [0.15, 0.2) is 42.5 Å². The van der Waals surface area contributed by atoms with E-state index in [1.165, 1.54) is 25.3 Å². The number of nitriles is 1. The third kappa shape index (κ3) is 2.84. The summed E-state index contributed by atoms with van der Waals surface area (Å²) in [5.41, 5.74) is 1.32. The molecule has 0 aromatic heterocycles. The second-order valence-corrected chi connectivity index (χ2v) is 3.96. The van der Waals surface area contributed by atoms with Crippen LogP contribution in [0.5, 0.6) is 5.75 Å². The zero-order valence-electron chi connectivity index (χ0n) is 10.7. The van der Waals surface area contributed by atoms with E-state index in [2.05, 4.69) is 5.32 Å². The number of benzene rings is 2. The first-order valence-electron chi connectivity index (χ1n) is 5.73. The topological polar surface area (TPSA) is 88.2 Å². The molecule has 2 aromatic rings. The first-order valence-corrected chi connectivity index (χ1v) is 5.73. The summed E-state index contributed by atoms with van der Waals surface area (Å²) in [4.78, 5) is 10.5. The van der Waals surface area contributed by atoms with Crippen LogP contribution in [-0.2, 0) is 0 Å². The maximum Gasteiger partial charge on any atom is 0.292 e. The SMILES string of the molecule is COc1ccc([N+](=O)[O-])c(Nc2cccc(C#N)c2)c1. The predicted octanol–water partition coefficient (Wildman–Crippen LogP) is 3.22. The Hall–Kier alpha value is -3.07. The fraction of sp³-hybridized carbons (Fsp3) is 0.0714. The summed E-state index contributed by atoms with van der Waals surface area (Å²) < 4.78 is 5.06. The molecule has 0 saturated carbocycles. The molecule has 0 spiro atoms. The van der Waals surface area contributed by atoms with Crippen LogP contribution < -0.4 is 10.1 Å². The van der Waals surface area contributed by atoms with Crippen molar-refractivity contribution >= 4 is 17.1 Å². The van der Waals surface area contributed by atoms with E-state index >= 15 is 0 Å². The van der Waals surface area contributed by atoms with Crippen LogP contribution in [0.2, 0.25) is 0 Å². The number of hydrogen-bond acceptors (Lipinski definition) is 5. The van der Waals surface area contributed by atoms with Crippen molar-refractivity contribution in [3.8, 4) is 11.8 Å². The highest BCUT2D eigenvalue weighted by Gasteiger charge is 2.14. The Bertz CT molecular complexity index is 692. The fourth-order valence-electron chi connectivity index (χ4n) is 1.72. The van der Waals surface area contributed by atoms with Gasteiger partial charge in [-0.3, -0.25) is 10.1 Å². The normalized spacial score (nSPS) is 9.60. The Balaban J connectivity index is 2.40. The molecule has 0 heterocycles. The second kappa shape index (κ2) is 5.71. The lowest BCUT2D eigenvalue weighted by Gasteiger charge is -2.09. The average Bonchev–Trinajstić information content (AvgIpc) is 2.47. The van der Waals surface area contributed by atoms with E-state index in [1.54, 1.807) is 24.3 Å². The monoisotopic (exact) mass is 269 g/mol. The summed E-state index contributed by atoms with van der Waals surface area (Å²) in [6.45, 7) is 0. The molecule has 0 amide bonds. The number of nitrogens with zero attached hydrogens (tertiary/aromatic N) is 2. The van der Waals surface area contributed by atoms with E-state index in [0.717, 1.165) is 0 Å². The number of methoxy groups -OCH3 is 1. The summed E-state index contributed by atoms with van der Waals surface area (Å²) in [5, 5.41) is 22.8. The number of hydrogen-bond donors (Lipinski definition) is 1. The smallest absolute Gasteiger partial charge is 0.292 e. The minimum Gasteiger partial charge on any atom is -0.497 e. The van der Waals surface area contributed by atoms with Crippen molar-refractivity contribution in [1.82, 2.24) is 0 Å². The largest absolute Gasteiger partial charge is 0.497 e. The van der Waals surface area contributed by atoms with E-state index < -0.39 is 4.92 Å². The summed E-state index contributed by atoms with van der Waals surface area (Å²) in [5.74, 6) is 0.509. The minimum absolute atomic E-state index is 0.0619. The molecular weight excluding hydrogens is 258 g/mol. The van der Waals surface area contributed by atoms with Gasteiger partial charge >= 0.3 is 0 Å². The van der Waals surface area contributed by atoms with Crippen molar-refractivity contribution in [2.75, 3.05) is 12.4 Å². The van der Waals surface area contributed by atoms with Crippen LogP contribution in [-0.4, -0.2) is 12.0 Å². The highest BCUT2D eigenvalue weighted by molar-refractivity contribution is 5.71. The maximum atomic E-state index is 11.0. The van der Waals surface area contributed by atoms with Gasteiger partial charge in [0.05, 0.1) is 23.7 Å².